The molecule has 1 amide bonds. The molecule has 0 saturated carbocycles. The highest BCUT2D eigenvalue weighted by Gasteiger charge is 2.29. The van der Waals surface area contributed by atoms with E-state index in [1.54, 1.807) is 46.9 Å². The number of nitrogens with zero attached hydrogens (tertiary/aromatic N) is 3. The largest absolute Gasteiger partial charge is 0.313 e. The number of rotatable bonds is 7. The highest BCUT2D eigenvalue weighted by molar-refractivity contribution is 7.89. The molecule has 1 saturated heterocycles. The number of nitrogens with one attached hydrogen (secondary N) is 1. The van der Waals surface area contributed by atoms with Crippen molar-refractivity contribution in [3.8, 4) is 10.6 Å². The molecular formula is C28H30N4O3S3. The van der Waals surface area contributed by atoms with Crippen molar-refractivity contribution in [1.82, 2.24) is 14.2 Å². The van der Waals surface area contributed by atoms with E-state index in [0.717, 1.165) is 71.1 Å². The molecule has 38 heavy (non-hydrogen) atoms. The molecule has 198 valence electrons. The van der Waals surface area contributed by atoms with Gasteiger partial charge in [0.15, 0.2) is 0 Å². The molecule has 0 unspecified atom stereocenters. The van der Waals surface area contributed by atoms with Crippen LogP contribution in [0, 0.1) is 0 Å². The minimum absolute atomic E-state index is 0.230. The van der Waals surface area contributed by atoms with Crippen molar-refractivity contribution in [3.63, 3.8) is 0 Å². The Morgan fingerprint density at radius 2 is 1.79 bits per heavy atom. The van der Waals surface area contributed by atoms with E-state index < -0.39 is 10.0 Å². The van der Waals surface area contributed by atoms with Crippen LogP contribution in [0.2, 0.25) is 0 Å². The van der Waals surface area contributed by atoms with E-state index in [9.17, 15) is 13.2 Å². The van der Waals surface area contributed by atoms with Gasteiger partial charge in [0.25, 0.3) is 5.91 Å². The molecule has 0 spiro atoms. The fourth-order valence-electron chi connectivity index (χ4n) is 5.29. The van der Waals surface area contributed by atoms with Gasteiger partial charge in [-0.05, 0) is 74.2 Å². The normalized spacial score (nSPS) is 16.7. The first-order valence-corrected chi connectivity index (χ1v) is 16.2. The van der Waals surface area contributed by atoms with Crippen molar-refractivity contribution in [1.29, 1.82) is 0 Å². The predicted octanol–water partition coefficient (Wildman–Crippen LogP) is 5.83. The molecule has 7 nitrogen and oxygen atoms in total. The number of anilines is 1. The Morgan fingerprint density at radius 3 is 2.53 bits per heavy atom. The van der Waals surface area contributed by atoms with Gasteiger partial charge in [-0.2, -0.15) is 4.31 Å². The third-order valence-corrected chi connectivity index (χ3v) is 11.3. The van der Waals surface area contributed by atoms with Crippen molar-refractivity contribution in [2.75, 3.05) is 31.5 Å². The lowest BCUT2D eigenvalue weighted by Gasteiger charge is -2.26. The van der Waals surface area contributed by atoms with E-state index >= 15 is 0 Å². The summed E-state index contributed by atoms with van der Waals surface area (Å²) in [5, 5.41) is 4.89. The highest BCUT2D eigenvalue weighted by Crippen LogP contribution is 2.45. The van der Waals surface area contributed by atoms with Crippen LogP contribution in [0.25, 0.3) is 20.8 Å². The summed E-state index contributed by atoms with van der Waals surface area (Å²) in [5.41, 5.74) is 3.70. The number of hydrogen-bond donors (Lipinski definition) is 1. The van der Waals surface area contributed by atoms with Gasteiger partial charge in [-0.25, -0.2) is 13.4 Å². The first-order valence-electron chi connectivity index (χ1n) is 13.1. The first kappa shape index (κ1) is 25.6. The molecule has 0 bridgehead atoms. The number of fused-ring (bicyclic) bond motifs is 2. The number of thiophene rings is 1. The second-order valence-corrected chi connectivity index (χ2v) is 13.9. The standard InChI is InChI=1S/C28H30N4O3S3/c1-2-14-31-17-13-21-24(18-31)37-28(25(21)27-29-22-7-3-4-8-23(22)36-27)30-26(33)19-9-11-20(12-10-19)38(34,35)32-15-5-6-16-32/h3-4,7-12H,2,5-6,13-18H2,1H3,(H,30,33). The molecule has 0 radical (unpaired) electrons. The summed E-state index contributed by atoms with van der Waals surface area (Å²) < 4.78 is 28.4. The number of para-hydroxylation sites is 1. The van der Waals surface area contributed by atoms with E-state index in [2.05, 4.69) is 23.2 Å². The van der Waals surface area contributed by atoms with Crippen LogP contribution in [0.3, 0.4) is 0 Å². The number of hydrogen-bond acceptors (Lipinski definition) is 7. The van der Waals surface area contributed by atoms with Crippen LogP contribution in [0.4, 0.5) is 5.00 Å². The molecule has 2 aliphatic rings. The molecule has 6 rings (SSSR count). The quantitative estimate of drug-likeness (QED) is 0.304. The predicted molar refractivity (Wildman–Crippen MR) is 155 cm³/mol. The minimum Gasteiger partial charge on any atom is -0.313 e. The Morgan fingerprint density at radius 1 is 1.03 bits per heavy atom. The van der Waals surface area contributed by atoms with E-state index in [0.29, 0.717) is 18.7 Å². The third kappa shape index (κ3) is 4.80. The third-order valence-electron chi connectivity index (χ3n) is 7.23. The molecule has 4 aromatic rings. The van der Waals surface area contributed by atoms with E-state index in [1.807, 2.05) is 18.2 Å². The summed E-state index contributed by atoms with van der Waals surface area (Å²) in [6.45, 7) is 6.24. The average Bonchev–Trinajstić information content (AvgIpc) is 3.67. The van der Waals surface area contributed by atoms with Gasteiger partial charge in [0.2, 0.25) is 10.0 Å². The number of benzene rings is 2. The average molecular weight is 567 g/mol. The summed E-state index contributed by atoms with van der Waals surface area (Å²) in [7, 11) is -3.52. The zero-order valence-electron chi connectivity index (χ0n) is 21.3. The van der Waals surface area contributed by atoms with Crippen LogP contribution < -0.4 is 5.32 Å². The van der Waals surface area contributed by atoms with Crippen molar-refractivity contribution >= 4 is 53.8 Å². The van der Waals surface area contributed by atoms with Crippen LogP contribution in [0.15, 0.2) is 53.4 Å². The number of amides is 1. The summed E-state index contributed by atoms with van der Waals surface area (Å²) in [6.07, 6.45) is 3.81. The molecule has 0 aliphatic carbocycles. The van der Waals surface area contributed by atoms with E-state index in [4.69, 9.17) is 4.98 Å². The fourth-order valence-corrected chi connectivity index (χ4v) is 9.20. The zero-order valence-corrected chi connectivity index (χ0v) is 23.7. The number of thiazole rings is 1. The molecule has 2 aromatic carbocycles. The van der Waals surface area contributed by atoms with E-state index in [-0.39, 0.29) is 10.8 Å². The minimum atomic E-state index is -3.52. The van der Waals surface area contributed by atoms with Gasteiger partial charge in [0, 0.05) is 42.2 Å². The van der Waals surface area contributed by atoms with Crippen molar-refractivity contribution in [3.05, 3.63) is 64.5 Å². The summed E-state index contributed by atoms with van der Waals surface area (Å²) in [5.74, 6) is -0.249. The van der Waals surface area contributed by atoms with Gasteiger partial charge < -0.3 is 5.32 Å². The highest BCUT2D eigenvalue weighted by atomic mass is 32.2. The summed E-state index contributed by atoms with van der Waals surface area (Å²) in [4.78, 5) is 22.3. The summed E-state index contributed by atoms with van der Waals surface area (Å²) >= 11 is 3.29. The van der Waals surface area contributed by atoms with Gasteiger partial charge in [-0.3, -0.25) is 9.69 Å². The van der Waals surface area contributed by atoms with E-state index in [1.165, 1.54) is 14.7 Å². The molecule has 2 aliphatic heterocycles. The van der Waals surface area contributed by atoms with Crippen molar-refractivity contribution in [2.45, 2.75) is 44.0 Å². The topological polar surface area (TPSA) is 82.6 Å². The smallest absolute Gasteiger partial charge is 0.256 e. The molecule has 2 aromatic heterocycles. The first-order chi connectivity index (χ1) is 18.4. The Bertz CT molecular complexity index is 1550. The number of carbonyl (C=O) groups excluding carboxylic acids is 1. The summed E-state index contributed by atoms with van der Waals surface area (Å²) in [6, 6.07) is 14.4. The van der Waals surface area contributed by atoms with Crippen molar-refractivity contribution < 1.29 is 13.2 Å². The molecule has 10 heteroatoms. The van der Waals surface area contributed by atoms with Crippen LogP contribution >= 0.6 is 22.7 Å². The maximum atomic E-state index is 13.4. The monoisotopic (exact) mass is 566 g/mol. The second kappa shape index (κ2) is 10.5. The SMILES string of the molecule is CCCN1CCc2c(sc(NC(=O)c3ccc(S(=O)(=O)N4CCCC4)cc3)c2-c2nc3ccccc3s2)C1. The second-order valence-electron chi connectivity index (χ2n) is 9.81. The van der Waals surface area contributed by atoms with Gasteiger partial charge in [0.1, 0.15) is 10.0 Å². The Hall–Kier alpha value is -2.63. The molecule has 1 fully saturated rings. The molecule has 4 heterocycles. The lowest BCUT2D eigenvalue weighted by atomic mass is 10.0. The number of aromatic nitrogens is 1. The maximum absolute atomic E-state index is 13.4. The Kier molecular flexibility index (Phi) is 7.09. The zero-order chi connectivity index (χ0) is 26.3. The van der Waals surface area contributed by atoms with Crippen molar-refractivity contribution in [2.24, 2.45) is 0 Å². The van der Waals surface area contributed by atoms with Crippen LogP contribution in [0.1, 0.15) is 47.0 Å². The molecular weight excluding hydrogens is 537 g/mol. The van der Waals surface area contributed by atoms with Crippen LogP contribution in [-0.4, -0.2) is 54.7 Å². The van der Waals surface area contributed by atoms with Gasteiger partial charge in [-0.15, -0.1) is 22.7 Å². The lowest BCUT2D eigenvalue weighted by Crippen LogP contribution is -2.30. The maximum Gasteiger partial charge on any atom is 0.256 e. The van der Waals surface area contributed by atoms with Gasteiger partial charge in [0.05, 0.1) is 15.1 Å². The van der Waals surface area contributed by atoms with Crippen LogP contribution in [-0.2, 0) is 23.0 Å². The van der Waals surface area contributed by atoms with Crippen LogP contribution in [0.5, 0.6) is 0 Å². The van der Waals surface area contributed by atoms with Gasteiger partial charge >= 0.3 is 0 Å². The van der Waals surface area contributed by atoms with Gasteiger partial charge in [-0.1, -0.05) is 19.1 Å². The fraction of sp³-hybridized carbons (Fsp3) is 0.357. The number of carbonyl (C=O) groups is 1. The molecule has 0 atom stereocenters. The Labute approximate surface area is 231 Å². The lowest BCUT2D eigenvalue weighted by molar-refractivity contribution is 0.102. The Balaban J connectivity index is 1.31. The number of sulfonamides is 1. The molecule has 1 N–H and O–H groups in total.